The van der Waals surface area contributed by atoms with Crippen molar-refractivity contribution in [3.8, 4) is 0 Å². The summed E-state index contributed by atoms with van der Waals surface area (Å²) in [6.07, 6.45) is -3.43. The minimum absolute atomic E-state index is 0.387. The molecular weight excluding hydrogens is 435 g/mol. The highest BCUT2D eigenvalue weighted by Gasteiger charge is 2.46. The number of alkyl halides is 3. The molecule has 0 bridgehead atoms. The van der Waals surface area contributed by atoms with E-state index in [1.165, 1.54) is 0 Å². The molecule has 14 heteroatoms. The van der Waals surface area contributed by atoms with E-state index >= 15 is 0 Å². The van der Waals surface area contributed by atoms with Crippen molar-refractivity contribution < 1.29 is 40.6 Å². The molecule has 10 nitrogen and oxygen atoms in total. The number of Topliss-reactive ketones (excluding diaryl/α,β-unsaturated/α-hetero) is 2. The van der Waals surface area contributed by atoms with Crippen LogP contribution >= 0.6 is 0 Å². The lowest BCUT2D eigenvalue weighted by Crippen LogP contribution is -2.25. The van der Waals surface area contributed by atoms with Gasteiger partial charge in [-0.1, -0.05) is 5.16 Å². The van der Waals surface area contributed by atoms with Gasteiger partial charge in [0.2, 0.25) is 5.89 Å². The van der Waals surface area contributed by atoms with E-state index in [9.17, 15) is 41.3 Å². The monoisotopic (exact) mass is 447 g/mol. The molecule has 2 aromatic rings. The summed E-state index contributed by atoms with van der Waals surface area (Å²) in [5.74, 6) is -7.31. The van der Waals surface area contributed by atoms with Gasteiger partial charge in [-0.25, -0.2) is 8.42 Å². The van der Waals surface area contributed by atoms with Gasteiger partial charge < -0.3 is 4.52 Å². The number of nitro benzene ring substituents is 1. The average Bonchev–Trinajstić information content (AvgIpc) is 3.37. The second kappa shape index (κ2) is 7.27. The Labute approximate surface area is 166 Å². The molecule has 0 radical (unpaired) electrons. The van der Waals surface area contributed by atoms with Crippen molar-refractivity contribution in [3.05, 3.63) is 45.6 Å². The van der Waals surface area contributed by atoms with Gasteiger partial charge in [0, 0.05) is 18.2 Å². The predicted octanol–water partition coefficient (Wildman–Crippen LogP) is 2.35. The normalized spacial score (nSPS) is 15.6. The van der Waals surface area contributed by atoms with Gasteiger partial charge in [0.25, 0.3) is 11.5 Å². The minimum atomic E-state index is -5.00. The number of hydrogen-bond donors (Lipinski definition) is 0. The van der Waals surface area contributed by atoms with Gasteiger partial charge in [-0.15, -0.1) is 0 Å². The standard InChI is InChI=1S/C16H12F3N3O7S/c1-30(27,28)8-4-5-9(10(6-8)22(25)26)13(24)11(12(23)7-2-3-7)14-20-15(21-29-14)16(17,18)19/h4-7,11H,2-3H2,1H3. The summed E-state index contributed by atoms with van der Waals surface area (Å²) in [4.78, 5) is 38.6. The molecule has 160 valence electrons. The van der Waals surface area contributed by atoms with E-state index in [1.54, 1.807) is 0 Å². The Balaban J connectivity index is 2.11. The van der Waals surface area contributed by atoms with Crippen molar-refractivity contribution in [2.75, 3.05) is 6.26 Å². The van der Waals surface area contributed by atoms with Crippen LogP contribution in [0.2, 0.25) is 0 Å². The number of aromatic nitrogens is 2. The van der Waals surface area contributed by atoms with Crippen LogP contribution in [-0.2, 0) is 20.8 Å². The summed E-state index contributed by atoms with van der Waals surface area (Å²) in [6, 6.07) is 2.38. The molecule has 1 aromatic heterocycles. The van der Waals surface area contributed by atoms with E-state index in [2.05, 4.69) is 14.7 Å². The van der Waals surface area contributed by atoms with Crippen molar-refractivity contribution in [2.24, 2.45) is 5.92 Å². The zero-order valence-electron chi connectivity index (χ0n) is 15.0. The lowest BCUT2D eigenvalue weighted by Gasteiger charge is -2.11. The second-order valence-corrected chi connectivity index (χ2v) is 8.65. The van der Waals surface area contributed by atoms with Gasteiger partial charge >= 0.3 is 6.18 Å². The van der Waals surface area contributed by atoms with Crippen molar-refractivity contribution in [1.82, 2.24) is 10.1 Å². The Morgan fingerprint density at radius 1 is 1.30 bits per heavy atom. The Morgan fingerprint density at radius 2 is 1.93 bits per heavy atom. The third-order valence-electron chi connectivity index (χ3n) is 4.33. The van der Waals surface area contributed by atoms with Crippen LogP contribution in [0.4, 0.5) is 18.9 Å². The van der Waals surface area contributed by atoms with Crippen molar-refractivity contribution >= 4 is 27.1 Å². The van der Waals surface area contributed by atoms with Gasteiger partial charge in [0.05, 0.1) is 15.4 Å². The molecule has 0 aliphatic heterocycles. The summed E-state index contributed by atoms with van der Waals surface area (Å²) >= 11 is 0. The Kier molecular flexibility index (Phi) is 5.22. The molecule has 3 rings (SSSR count). The molecule has 1 saturated carbocycles. The highest BCUT2D eigenvalue weighted by molar-refractivity contribution is 7.90. The van der Waals surface area contributed by atoms with E-state index < -0.39 is 72.2 Å². The quantitative estimate of drug-likeness (QED) is 0.270. The fourth-order valence-corrected chi connectivity index (χ4v) is 3.33. The lowest BCUT2D eigenvalue weighted by molar-refractivity contribution is -0.385. The number of rotatable bonds is 7. The molecule has 1 heterocycles. The fraction of sp³-hybridized carbons (Fsp3) is 0.375. The molecule has 0 N–H and O–H groups in total. The largest absolute Gasteiger partial charge is 0.455 e. The number of sulfone groups is 1. The van der Waals surface area contributed by atoms with Crippen LogP contribution in [0.1, 0.15) is 40.8 Å². The molecule has 1 unspecified atom stereocenters. The number of ketones is 2. The molecule has 30 heavy (non-hydrogen) atoms. The van der Waals surface area contributed by atoms with E-state index in [4.69, 9.17) is 0 Å². The van der Waals surface area contributed by atoms with E-state index in [-0.39, 0.29) is 0 Å². The maximum atomic E-state index is 13.0. The van der Waals surface area contributed by atoms with Crippen molar-refractivity contribution in [2.45, 2.75) is 29.8 Å². The highest BCUT2D eigenvalue weighted by atomic mass is 32.2. The molecule has 0 saturated heterocycles. The second-order valence-electron chi connectivity index (χ2n) is 6.64. The SMILES string of the molecule is CS(=O)(=O)c1ccc(C(=O)C(C(=O)C2CC2)c2nc(C(F)(F)F)no2)c([N+](=O)[O-])c1. The Bertz CT molecular complexity index is 1150. The van der Waals surface area contributed by atoms with Crippen LogP contribution in [0.15, 0.2) is 27.6 Å². The summed E-state index contributed by atoms with van der Waals surface area (Å²) < 4.78 is 66.1. The van der Waals surface area contributed by atoms with Crippen LogP contribution in [0.25, 0.3) is 0 Å². The summed E-state index contributed by atoms with van der Waals surface area (Å²) in [5, 5.41) is 14.1. The Hall–Kier alpha value is -3.16. The third kappa shape index (κ3) is 4.22. The maximum absolute atomic E-state index is 13.0. The van der Waals surface area contributed by atoms with Crippen LogP contribution in [0.3, 0.4) is 0 Å². The van der Waals surface area contributed by atoms with Crippen molar-refractivity contribution in [1.29, 1.82) is 0 Å². The molecule has 1 fully saturated rings. The van der Waals surface area contributed by atoms with Crippen LogP contribution < -0.4 is 0 Å². The number of carbonyl (C=O) groups is 2. The lowest BCUT2D eigenvalue weighted by atomic mass is 9.90. The molecule has 1 aliphatic rings. The first-order chi connectivity index (χ1) is 13.8. The molecule has 0 amide bonds. The zero-order chi connectivity index (χ0) is 22.4. The molecule has 1 atom stereocenters. The van der Waals surface area contributed by atoms with Crippen LogP contribution in [0, 0.1) is 16.0 Å². The van der Waals surface area contributed by atoms with Gasteiger partial charge in [-0.2, -0.15) is 18.2 Å². The summed E-state index contributed by atoms with van der Waals surface area (Å²) in [5.41, 5.74) is -1.59. The van der Waals surface area contributed by atoms with Gasteiger partial charge in [-0.3, -0.25) is 19.7 Å². The van der Waals surface area contributed by atoms with Gasteiger partial charge in [-0.05, 0) is 25.0 Å². The summed E-state index contributed by atoms with van der Waals surface area (Å²) in [6.45, 7) is 0. The maximum Gasteiger partial charge on any atom is 0.455 e. The molecule has 1 aliphatic carbocycles. The number of nitrogens with zero attached hydrogens (tertiary/aromatic N) is 3. The smallest absolute Gasteiger partial charge is 0.338 e. The van der Waals surface area contributed by atoms with E-state index in [1.807, 2.05) is 0 Å². The first-order valence-corrected chi connectivity index (χ1v) is 10.2. The van der Waals surface area contributed by atoms with Crippen LogP contribution in [-0.4, -0.2) is 41.3 Å². The first kappa shape index (κ1) is 21.5. The fourth-order valence-electron chi connectivity index (χ4n) is 2.69. The zero-order valence-corrected chi connectivity index (χ0v) is 15.9. The number of benzene rings is 1. The van der Waals surface area contributed by atoms with Crippen LogP contribution in [0.5, 0.6) is 0 Å². The third-order valence-corrected chi connectivity index (χ3v) is 5.44. The first-order valence-electron chi connectivity index (χ1n) is 8.28. The Morgan fingerprint density at radius 3 is 2.40 bits per heavy atom. The minimum Gasteiger partial charge on any atom is -0.338 e. The average molecular weight is 447 g/mol. The van der Waals surface area contributed by atoms with Crippen molar-refractivity contribution in [3.63, 3.8) is 0 Å². The molecule has 1 aromatic carbocycles. The topological polar surface area (TPSA) is 150 Å². The number of nitro groups is 1. The summed E-state index contributed by atoms with van der Waals surface area (Å²) in [7, 11) is -3.86. The molecular formula is C16H12F3N3O7S. The highest BCUT2D eigenvalue weighted by Crippen LogP contribution is 2.38. The molecule has 0 spiro atoms. The number of halogens is 3. The predicted molar refractivity (Wildman–Crippen MR) is 90.3 cm³/mol. The van der Waals surface area contributed by atoms with Gasteiger partial charge in [0.1, 0.15) is 0 Å². The van der Waals surface area contributed by atoms with Gasteiger partial charge in [0.15, 0.2) is 27.3 Å². The van der Waals surface area contributed by atoms with E-state index in [0.717, 1.165) is 18.4 Å². The number of carbonyl (C=O) groups excluding carboxylic acids is 2. The number of hydrogen-bond acceptors (Lipinski definition) is 9. The van der Waals surface area contributed by atoms with E-state index in [0.29, 0.717) is 18.9 Å².